The fourth-order valence-corrected chi connectivity index (χ4v) is 3.46. The molecule has 0 aliphatic carbocycles. The van der Waals surface area contributed by atoms with E-state index in [0.29, 0.717) is 12.0 Å². The maximum atomic E-state index is 13.6. The Bertz CT molecular complexity index is 880. The van der Waals surface area contributed by atoms with Gasteiger partial charge in [0.1, 0.15) is 17.7 Å². The molecular formula is C26H41N3O6. The molecule has 3 atom stereocenters. The highest BCUT2D eigenvalue weighted by atomic mass is 16.6. The van der Waals surface area contributed by atoms with Gasteiger partial charge in [0.05, 0.1) is 13.0 Å². The maximum Gasteiger partial charge on any atom is 0.408 e. The summed E-state index contributed by atoms with van der Waals surface area (Å²) in [7, 11) is 0. The van der Waals surface area contributed by atoms with Gasteiger partial charge in [0.25, 0.3) is 0 Å². The molecule has 9 nitrogen and oxygen atoms in total. The Hall–Kier alpha value is -3.10. The third kappa shape index (κ3) is 9.96. The zero-order chi connectivity index (χ0) is 26.8. The Morgan fingerprint density at radius 2 is 1.74 bits per heavy atom. The molecule has 9 heteroatoms. The van der Waals surface area contributed by atoms with Gasteiger partial charge in [0, 0.05) is 12.6 Å². The molecule has 196 valence electrons. The molecule has 0 radical (unpaired) electrons. The Balaban J connectivity index is 3.26. The molecule has 0 aliphatic rings. The van der Waals surface area contributed by atoms with Gasteiger partial charge in [0.15, 0.2) is 0 Å². The predicted molar refractivity (Wildman–Crippen MR) is 134 cm³/mol. The summed E-state index contributed by atoms with van der Waals surface area (Å²) in [4.78, 5) is 52.5. The number of nitrogens with zero attached hydrogens (tertiary/aromatic N) is 1. The summed E-state index contributed by atoms with van der Waals surface area (Å²) >= 11 is 0. The third-order valence-corrected chi connectivity index (χ3v) is 5.24. The molecule has 35 heavy (non-hydrogen) atoms. The van der Waals surface area contributed by atoms with E-state index in [-0.39, 0.29) is 25.6 Å². The molecule has 1 aromatic carbocycles. The van der Waals surface area contributed by atoms with E-state index in [2.05, 4.69) is 10.6 Å². The van der Waals surface area contributed by atoms with Crippen LogP contribution in [0.15, 0.2) is 24.3 Å². The van der Waals surface area contributed by atoms with Crippen molar-refractivity contribution in [3.8, 4) is 0 Å². The van der Waals surface area contributed by atoms with Gasteiger partial charge in [-0.2, -0.15) is 0 Å². The van der Waals surface area contributed by atoms with Crippen molar-refractivity contribution in [2.75, 3.05) is 13.2 Å². The number of esters is 1. The highest BCUT2D eigenvalue weighted by Gasteiger charge is 2.37. The number of amides is 3. The van der Waals surface area contributed by atoms with Gasteiger partial charge >= 0.3 is 12.1 Å². The van der Waals surface area contributed by atoms with Gasteiger partial charge in [-0.15, -0.1) is 0 Å². The quantitative estimate of drug-likeness (QED) is 0.457. The number of benzene rings is 1. The molecule has 1 aromatic rings. The SMILES string of the molecule is CCOC(=O)CCNC(=O)C(c1cccc(C)c1)N(C(=O)C(C)NC(=O)OC(C)(C)C)C(C)CC. The van der Waals surface area contributed by atoms with E-state index in [1.807, 2.05) is 39.0 Å². The maximum absolute atomic E-state index is 13.6. The van der Waals surface area contributed by atoms with Crippen molar-refractivity contribution in [3.05, 3.63) is 35.4 Å². The van der Waals surface area contributed by atoms with Gasteiger partial charge in [-0.1, -0.05) is 36.8 Å². The minimum Gasteiger partial charge on any atom is -0.466 e. The van der Waals surface area contributed by atoms with E-state index < -0.39 is 41.6 Å². The van der Waals surface area contributed by atoms with Crippen molar-refractivity contribution in [2.45, 2.75) is 92.0 Å². The van der Waals surface area contributed by atoms with Crippen molar-refractivity contribution in [2.24, 2.45) is 0 Å². The number of aryl methyl sites for hydroxylation is 1. The van der Waals surface area contributed by atoms with Crippen LogP contribution < -0.4 is 10.6 Å². The first-order valence-electron chi connectivity index (χ1n) is 12.1. The van der Waals surface area contributed by atoms with Gasteiger partial charge in [-0.25, -0.2) is 4.79 Å². The van der Waals surface area contributed by atoms with Crippen molar-refractivity contribution in [1.29, 1.82) is 0 Å². The van der Waals surface area contributed by atoms with E-state index in [1.54, 1.807) is 40.7 Å². The van der Waals surface area contributed by atoms with Crippen LogP contribution in [0, 0.1) is 6.92 Å². The van der Waals surface area contributed by atoms with Crippen LogP contribution in [-0.4, -0.2) is 59.6 Å². The molecule has 3 amide bonds. The third-order valence-electron chi connectivity index (χ3n) is 5.24. The summed E-state index contributed by atoms with van der Waals surface area (Å²) in [6.45, 7) is 14.5. The summed E-state index contributed by atoms with van der Waals surface area (Å²) in [6, 6.07) is 5.17. The van der Waals surface area contributed by atoms with Gasteiger partial charge in [-0.3, -0.25) is 14.4 Å². The molecule has 0 aromatic heterocycles. The lowest BCUT2D eigenvalue weighted by molar-refractivity contribution is -0.145. The second kappa shape index (κ2) is 13.7. The smallest absolute Gasteiger partial charge is 0.408 e. The lowest BCUT2D eigenvalue weighted by Crippen LogP contribution is -2.54. The number of carbonyl (C=O) groups excluding carboxylic acids is 4. The number of hydrogen-bond donors (Lipinski definition) is 2. The first-order valence-corrected chi connectivity index (χ1v) is 12.1. The van der Waals surface area contributed by atoms with Crippen molar-refractivity contribution < 1.29 is 28.7 Å². The number of alkyl carbamates (subject to hydrolysis) is 1. The summed E-state index contributed by atoms with van der Waals surface area (Å²) in [5, 5.41) is 5.35. The highest BCUT2D eigenvalue weighted by Crippen LogP contribution is 2.27. The monoisotopic (exact) mass is 491 g/mol. The van der Waals surface area contributed by atoms with E-state index in [1.165, 1.54) is 4.90 Å². The Morgan fingerprint density at radius 1 is 1.09 bits per heavy atom. The zero-order valence-electron chi connectivity index (χ0n) is 22.3. The minimum absolute atomic E-state index is 0.0218. The van der Waals surface area contributed by atoms with Crippen molar-refractivity contribution in [1.82, 2.24) is 15.5 Å². The molecule has 0 saturated carbocycles. The van der Waals surface area contributed by atoms with Gasteiger partial charge in [0.2, 0.25) is 11.8 Å². The fraction of sp³-hybridized carbons (Fsp3) is 0.615. The average molecular weight is 492 g/mol. The number of rotatable bonds is 11. The van der Waals surface area contributed by atoms with Crippen LogP contribution in [0.25, 0.3) is 0 Å². The zero-order valence-corrected chi connectivity index (χ0v) is 22.3. The topological polar surface area (TPSA) is 114 Å². The molecule has 0 heterocycles. The number of ether oxygens (including phenoxy) is 2. The standard InChI is InChI=1S/C26H41N3O6/c1-9-18(4)29(24(32)19(5)28-25(33)35-26(6,7)8)22(20-13-11-12-17(3)16-20)23(31)27-15-14-21(30)34-10-2/h11-13,16,18-19,22H,9-10,14-15H2,1-8H3,(H,27,31)(H,28,33). The summed E-state index contributed by atoms with van der Waals surface area (Å²) < 4.78 is 10.2. The van der Waals surface area contributed by atoms with Crippen LogP contribution in [0.3, 0.4) is 0 Å². The van der Waals surface area contributed by atoms with E-state index in [4.69, 9.17) is 9.47 Å². The predicted octanol–water partition coefficient (Wildman–Crippen LogP) is 3.65. The summed E-state index contributed by atoms with van der Waals surface area (Å²) in [6.07, 6.45) is -0.106. The number of nitrogens with one attached hydrogen (secondary N) is 2. The normalized spacial score (nSPS) is 13.7. The van der Waals surface area contributed by atoms with Gasteiger partial charge < -0.3 is 25.0 Å². The Labute approximate surface area is 208 Å². The summed E-state index contributed by atoms with van der Waals surface area (Å²) in [5.74, 6) is -1.25. The Morgan fingerprint density at radius 3 is 2.29 bits per heavy atom. The van der Waals surface area contributed by atoms with Crippen LogP contribution >= 0.6 is 0 Å². The number of carbonyl (C=O) groups is 4. The molecule has 0 bridgehead atoms. The van der Waals surface area contributed by atoms with Crippen LogP contribution in [-0.2, 0) is 23.9 Å². The lowest BCUT2D eigenvalue weighted by atomic mass is 9.98. The van der Waals surface area contributed by atoms with Crippen LogP contribution in [0.2, 0.25) is 0 Å². The largest absolute Gasteiger partial charge is 0.466 e. The molecule has 3 unspecified atom stereocenters. The molecule has 0 aliphatic heterocycles. The second-order valence-electron chi connectivity index (χ2n) is 9.53. The first-order chi connectivity index (χ1) is 16.3. The molecule has 0 saturated heterocycles. The highest BCUT2D eigenvalue weighted by molar-refractivity contribution is 5.92. The average Bonchev–Trinajstić information content (AvgIpc) is 2.75. The minimum atomic E-state index is -0.956. The van der Waals surface area contributed by atoms with E-state index >= 15 is 0 Å². The summed E-state index contributed by atoms with van der Waals surface area (Å²) in [5.41, 5.74) is 0.853. The molecular weight excluding hydrogens is 450 g/mol. The van der Waals surface area contributed by atoms with Crippen LogP contribution in [0.1, 0.15) is 78.5 Å². The second-order valence-corrected chi connectivity index (χ2v) is 9.53. The van der Waals surface area contributed by atoms with E-state index in [9.17, 15) is 19.2 Å². The molecule has 0 fully saturated rings. The van der Waals surface area contributed by atoms with Gasteiger partial charge in [-0.05, 0) is 60.5 Å². The lowest BCUT2D eigenvalue weighted by Gasteiger charge is -2.37. The molecule has 2 N–H and O–H groups in total. The van der Waals surface area contributed by atoms with Crippen LogP contribution in [0.4, 0.5) is 4.79 Å². The number of hydrogen-bond acceptors (Lipinski definition) is 6. The molecule has 0 spiro atoms. The van der Waals surface area contributed by atoms with Crippen molar-refractivity contribution in [3.63, 3.8) is 0 Å². The van der Waals surface area contributed by atoms with Crippen LogP contribution in [0.5, 0.6) is 0 Å². The van der Waals surface area contributed by atoms with E-state index in [0.717, 1.165) is 5.56 Å². The Kier molecular flexibility index (Phi) is 11.7. The first kappa shape index (κ1) is 29.9. The fourth-order valence-electron chi connectivity index (χ4n) is 3.46. The van der Waals surface area contributed by atoms with Crippen molar-refractivity contribution >= 4 is 23.9 Å². The molecule has 1 rings (SSSR count).